The monoisotopic (exact) mass is 387 g/mol. The molecule has 27 heavy (non-hydrogen) atoms. The van der Waals surface area contributed by atoms with Crippen molar-refractivity contribution in [1.82, 2.24) is 4.31 Å². The van der Waals surface area contributed by atoms with Crippen molar-refractivity contribution in [3.63, 3.8) is 0 Å². The van der Waals surface area contributed by atoms with Crippen molar-refractivity contribution in [1.29, 1.82) is 0 Å². The summed E-state index contributed by atoms with van der Waals surface area (Å²) in [5, 5.41) is 0. The van der Waals surface area contributed by atoms with E-state index in [1.165, 1.54) is 35.5 Å². The van der Waals surface area contributed by atoms with Crippen LogP contribution < -0.4 is 4.74 Å². The molecule has 3 rings (SSSR count). The molecule has 0 aromatic heterocycles. The van der Waals surface area contributed by atoms with Crippen LogP contribution in [0.1, 0.15) is 46.9 Å². The lowest BCUT2D eigenvalue weighted by Crippen LogP contribution is -2.36. The molecule has 6 nitrogen and oxygen atoms in total. The van der Waals surface area contributed by atoms with Gasteiger partial charge in [-0.1, -0.05) is 18.6 Å². The number of hydrogen-bond donors (Lipinski definition) is 0. The van der Waals surface area contributed by atoms with E-state index in [0.29, 0.717) is 18.7 Å². The number of carbonyl (C=O) groups excluding carboxylic acids is 2. The molecule has 1 fully saturated rings. The Labute approximate surface area is 158 Å². The van der Waals surface area contributed by atoms with E-state index in [-0.39, 0.29) is 22.0 Å². The van der Waals surface area contributed by atoms with Crippen LogP contribution in [0, 0.1) is 0 Å². The maximum Gasteiger partial charge on any atom is 0.344 e. The minimum absolute atomic E-state index is 0.00119. The van der Waals surface area contributed by atoms with Gasteiger partial charge in [-0.15, -0.1) is 0 Å². The number of ketones is 1. The van der Waals surface area contributed by atoms with Crippen molar-refractivity contribution in [3.05, 3.63) is 59.7 Å². The third kappa shape index (κ3) is 4.26. The third-order valence-electron chi connectivity index (χ3n) is 4.51. The Hall–Kier alpha value is -2.51. The highest BCUT2D eigenvalue weighted by atomic mass is 32.2. The lowest BCUT2D eigenvalue weighted by molar-refractivity contribution is 0.0730. The first-order valence-electron chi connectivity index (χ1n) is 8.82. The molecular weight excluding hydrogens is 366 g/mol. The molecule has 142 valence electrons. The van der Waals surface area contributed by atoms with Crippen LogP contribution in [0.15, 0.2) is 53.4 Å². The highest BCUT2D eigenvalue weighted by Gasteiger charge is 2.30. The summed E-state index contributed by atoms with van der Waals surface area (Å²) in [6.45, 7) is 2.36. The molecule has 0 radical (unpaired) electrons. The van der Waals surface area contributed by atoms with Crippen LogP contribution in [0.5, 0.6) is 5.75 Å². The zero-order chi connectivity index (χ0) is 19.4. The SMILES string of the molecule is CC(=O)c1ccc(OC(=O)c2ccccc2S(=O)(=O)N2CCCCC2)cc1. The van der Waals surface area contributed by atoms with Crippen molar-refractivity contribution >= 4 is 21.8 Å². The zero-order valence-corrected chi connectivity index (χ0v) is 15.9. The van der Waals surface area contributed by atoms with Crippen LogP contribution in [-0.2, 0) is 10.0 Å². The molecule has 0 atom stereocenters. The molecule has 0 amide bonds. The van der Waals surface area contributed by atoms with E-state index in [1.54, 1.807) is 24.3 Å². The van der Waals surface area contributed by atoms with E-state index >= 15 is 0 Å². The van der Waals surface area contributed by atoms with Crippen molar-refractivity contribution < 1.29 is 22.7 Å². The molecule has 1 heterocycles. The second kappa shape index (κ2) is 8.02. The van der Waals surface area contributed by atoms with E-state index in [2.05, 4.69) is 0 Å². The van der Waals surface area contributed by atoms with Crippen LogP contribution in [0.4, 0.5) is 0 Å². The fourth-order valence-corrected chi connectivity index (χ4v) is 4.72. The second-order valence-electron chi connectivity index (χ2n) is 6.43. The summed E-state index contributed by atoms with van der Waals surface area (Å²) in [5.74, 6) is -0.595. The predicted molar refractivity (Wildman–Crippen MR) is 100 cm³/mol. The van der Waals surface area contributed by atoms with E-state index in [1.807, 2.05) is 0 Å². The van der Waals surface area contributed by atoms with E-state index in [4.69, 9.17) is 4.74 Å². The number of Topliss-reactive ketones (excluding diaryl/α,β-unsaturated/α-hetero) is 1. The average Bonchev–Trinajstić information content (AvgIpc) is 2.69. The number of ether oxygens (including phenoxy) is 1. The van der Waals surface area contributed by atoms with Crippen LogP contribution in [-0.4, -0.2) is 37.6 Å². The summed E-state index contributed by atoms with van der Waals surface area (Å²) in [6.07, 6.45) is 2.63. The molecule has 0 aliphatic carbocycles. The van der Waals surface area contributed by atoms with Gasteiger partial charge in [-0.2, -0.15) is 4.31 Å². The number of esters is 1. The molecule has 1 aliphatic heterocycles. The standard InChI is InChI=1S/C20H21NO5S/c1-15(22)16-9-11-17(12-10-16)26-20(23)18-7-3-4-8-19(18)27(24,25)21-13-5-2-6-14-21/h3-4,7-12H,2,5-6,13-14H2,1H3. The first-order valence-corrected chi connectivity index (χ1v) is 10.3. The topological polar surface area (TPSA) is 80.8 Å². The van der Waals surface area contributed by atoms with Gasteiger partial charge >= 0.3 is 5.97 Å². The number of piperidine rings is 1. The third-order valence-corrected chi connectivity index (χ3v) is 6.47. The Balaban J connectivity index is 1.86. The molecule has 1 aliphatic rings. The quantitative estimate of drug-likeness (QED) is 0.447. The normalized spacial score (nSPS) is 15.3. The van der Waals surface area contributed by atoms with Crippen molar-refractivity contribution in [2.24, 2.45) is 0 Å². The van der Waals surface area contributed by atoms with Gasteiger partial charge in [0.25, 0.3) is 0 Å². The van der Waals surface area contributed by atoms with Crippen molar-refractivity contribution in [2.45, 2.75) is 31.1 Å². The Bertz CT molecular complexity index is 945. The van der Waals surface area contributed by atoms with Gasteiger partial charge in [-0.3, -0.25) is 4.79 Å². The smallest absolute Gasteiger partial charge is 0.344 e. The molecule has 0 spiro atoms. The molecule has 0 N–H and O–H groups in total. The number of rotatable bonds is 5. The Morgan fingerprint density at radius 2 is 1.56 bits per heavy atom. The average molecular weight is 387 g/mol. The Morgan fingerprint density at radius 1 is 0.926 bits per heavy atom. The van der Waals surface area contributed by atoms with Crippen LogP contribution in [0.25, 0.3) is 0 Å². The summed E-state index contributed by atoms with van der Waals surface area (Å²) in [6, 6.07) is 12.2. The van der Waals surface area contributed by atoms with Crippen molar-refractivity contribution in [3.8, 4) is 5.75 Å². The van der Waals surface area contributed by atoms with Crippen LogP contribution in [0.3, 0.4) is 0 Å². The van der Waals surface area contributed by atoms with Crippen LogP contribution >= 0.6 is 0 Å². The number of sulfonamides is 1. The van der Waals surface area contributed by atoms with Gasteiger partial charge in [0, 0.05) is 18.7 Å². The van der Waals surface area contributed by atoms with Gasteiger partial charge in [0.1, 0.15) is 5.75 Å². The molecular formula is C20H21NO5S. The molecule has 0 saturated carbocycles. The fraction of sp³-hybridized carbons (Fsp3) is 0.300. The highest BCUT2D eigenvalue weighted by molar-refractivity contribution is 7.89. The fourth-order valence-electron chi connectivity index (χ4n) is 3.02. The largest absolute Gasteiger partial charge is 0.423 e. The Morgan fingerprint density at radius 3 is 2.19 bits per heavy atom. The first-order chi connectivity index (χ1) is 12.9. The maximum absolute atomic E-state index is 13.0. The van der Waals surface area contributed by atoms with Gasteiger partial charge < -0.3 is 4.74 Å². The Kier molecular flexibility index (Phi) is 5.72. The highest BCUT2D eigenvalue weighted by Crippen LogP contribution is 2.25. The summed E-state index contributed by atoms with van der Waals surface area (Å²) < 4.78 is 32.7. The van der Waals surface area contributed by atoms with Crippen LogP contribution in [0.2, 0.25) is 0 Å². The predicted octanol–water partition coefficient (Wildman–Crippen LogP) is 3.28. The number of nitrogens with zero attached hydrogens (tertiary/aromatic N) is 1. The number of carbonyl (C=O) groups is 2. The van der Waals surface area contributed by atoms with Gasteiger partial charge in [-0.25, -0.2) is 13.2 Å². The molecule has 2 aromatic carbocycles. The minimum atomic E-state index is -3.76. The summed E-state index contributed by atoms with van der Waals surface area (Å²) in [4.78, 5) is 23.9. The zero-order valence-electron chi connectivity index (χ0n) is 15.1. The summed E-state index contributed by atoms with van der Waals surface area (Å²) >= 11 is 0. The second-order valence-corrected chi connectivity index (χ2v) is 8.34. The van der Waals surface area contributed by atoms with E-state index in [0.717, 1.165) is 19.3 Å². The van der Waals surface area contributed by atoms with Gasteiger partial charge in [0.2, 0.25) is 10.0 Å². The van der Waals surface area contributed by atoms with Gasteiger partial charge in [0.05, 0.1) is 10.5 Å². The lowest BCUT2D eigenvalue weighted by Gasteiger charge is -2.26. The first kappa shape index (κ1) is 19.3. The van der Waals surface area contributed by atoms with Gasteiger partial charge in [0.15, 0.2) is 5.78 Å². The van der Waals surface area contributed by atoms with E-state index < -0.39 is 16.0 Å². The molecule has 1 saturated heterocycles. The number of benzene rings is 2. The summed E-state index contributed by atoms with van der Waals surface area (Å²) in [7, 11) is -3.76. The number of hydrogen-bond acceptors (Lipinski definition) is 5. The maximum atomic E-state index is 13.0. The van der Waals surface area contributed by atoms with Gasteiger partial charge in [-0.05, 0) is 56.2 Å². The molecule has 2 aromatic rings. The molecule has 7 heteroatoms. The molecule has 0 bridgehead atoms. The molecule has 0 unspecified atom stereocenters. The lowest BCUT2D eigenvalue weighted by atomic mass is 10.1. The summed E-state index contributed by atoms with van der Waals surface area (Å²) in [5.41, 5.74) is 0.501. The van der Waals surface area contributed by atoms with E-state index in [9.17, 15) is 18.0 Å². The minimum Gasteiger partial charge on any atom is -0.423 e. The van der Waals surface area contributed by atoms with Crippen molar-refractivity contribution in [2.75, 3.05) is 13.1 Å².